The first-order valence-electron chi connectivity index (χ1n) is 5.53. The van der Waals surface area contributed by atoms with Gasteiger partial charge >= 0.3 is 0 Å². The maximum absolute atomic E-state index is 11.6. The molecule has 13 heteroatoms. The third-order valence-corrected chi connectivity index (χ3v) is 4.39. The molecule has 0 aliphatic carbocycles. The normalized spacial score (nSPS) is 33.2. The van der Waals surface area contributed by atoms with Gasteiger partial charge in [-0.2, -0.15) is 0 Å². The van der Waals surface area contributed by atoms with Crippen LogP contribution in [-0.2, 0) is 14.8 Å². The van der Waals surface area contributed by atoms with Crippen molar-refractivity contribution in [1.82, 2.24) is 14.8 Å². The predicted molar refractivity (Wildman–Crippen MR) is 63.6 cm³/mol. The predicted octanol–water partition coefficient (Wildman–Crippen LogP) is -4.40. The summed E-state index contributed by atoms with van der Waals surface area (Å²) >= 11 is 0. The average Bonchev–Trinajstić information content (AvgIpc) is 2.94. The van der Waals surface area contributed by atoms with E-state index < -0.39 is 51.7 Å². The molecule has 12 nitrogen and oxygen atoms in total. The first kappa shape index (κ1) is 15.7. The van der Waals surface area contributed by atoms with E-state index >= 15 is 0 Å². The van der Waals surface area contributed by atoms with Gasteiger partial charge in [-0.15, -0.1) is 5.10 Å². The number of primary amides is 1. The number of carbonyl (C=O) groups excluding carboxylic acids is 1. The van der Waals surface area contributed by atoms with Gasteiger partial charge in [-0.1, -0.05) is 0 Å². The average molecular weight is 323 g/mol. The van der Waals surface area contributed by atoms with Gasteiger partial charge in [0.2, 0.25) is 15.8 Å². The molecule has 1 saturated heterocycles. The van der Waals surface area contributed by atoms with Crippen molar-refractivity contribution in [2.24, 2.45) is 10.9 Å². The van der Waals surface area contributed by atoms with E-state index in [-0.39, 0.29) is 0 Å². The molecule has 7 N–H and O–H groups in total. The molecule has 2 heterocycles. The largest absolute Gasteiger partial charge is 0.394 e. The zero-order valence-corrected chi connectivity index (χ0v) is 11.2. The van der Waals surface area contributed by atoms with E-state index in [0.29, 0.717) is 4.68 Å². The fourth-order valence-corrected chi connectivity index (χ4v) is 2.89. The Morgan fingerprint density at radius 3 is 2.62 bits per heavy atom. The fourth-order valence-electron chi connectivity index (χ4n) is 1.95. The van der Waals surface area contributed by atoms with Crippen LogP contribution in [0.1, 0.15) is 16.8 Å². The number of carbonyl (C=O) groups is 1. The van der Waals surface area contributed by atoms with E-state index in [0.717, 1.165) is 6.33 Å². The molecule has 21 heavy (non-hydrogen) atoms. The van der Waals surface area contributed by atoms with Gasteiger partial charge in [0.25, 0.3) is 10.8 Å². The first-order chi connectivity index (χ1) is 9.62. The second-order valence-corrected chi connectivity index (χ2v) is 6.11. The Balaban J connectivity index is 2.51. The van der Waals surface area contributed by atoms with E-state index in [1.165, 1.54) is 0 Å². The summed E-state index contributed by atoms with van der Waals surface area (Å²) in [5.41, 5.74) is 4.95. The van der Waals surface area contributed by atoms with Crippen molar-refractivity contribution in [3.05, 3.63) is 12.2 Å². The molecule has 1 aliphatic rings. The quantitative estimate of drug-likeness (QED) is 0.362. The lowest BCUT2D eigenvalue weighted by atomic mass is 10.1. The van der Waals surface area contributed by atoms with Crippen LogP contribution in [0.25, 0.3) is 0 Å². The van der Waals surface area contributed by atoms with Crippen LogP contribution in [0.5, 0.6) is 0 Å². The standard InChI is InChI=1S/C8H13N5O7S/c9-5(16)6-11-2-13(12-6)7-8(17,21(10,18)19)4(15)3(1-14)20-7/h2-4,7,14-15,17H,1H2,(H2,9,16)(H2,10,18,19)/t3-,4-,7-,8+/m1/s1. The Morgan fingerprint density at radius 1 is 1.57 bits per heavy atom. The summed E-state index contributed by atoms with van der Waals surface area (Å²) in [7, 11) is -4.74. The number of rotatable bonds is 4. The molecular weight excluding hydrogens is 310 g/mol. The SMILES string of the molecule is NC(=O)c1ncn([C@@H]2O[C@H](CO)[C@@H](O)[C@]2(O)S(N)(=O)=O)n1. The molecule has 0 unspecified atom stereocenters. The van der Waals surface area contributed by atoms with Crippen molar-refractivity contribution in [1.29, 1.82) is 0 Å². The van der Waals surface area contributed by atoms with Gasteiger partial charge in [-0.25, -0.2) is 23.2 Å². The molecule has 1 aromatic rings. The summed E-state index contributed by atoms with van der Waals surface area (Å²) in [5, 5.41) is 37.6. The Kier molecular flexibility index (Phi) is 3.73. The van der Waals surface area contributed by atoms with Crippen LogP contribution in [0.3, 0.4) is 0 Å². The van der Waals surface area contributed by atoms with Crippen molar-refractivity contribution in [2.75, 3.05) is 6.61 Å². The van der Waals surface area contributed by atoms with Crippen molar-refractivity contribution in [3.8, 4) is 0 Å². The van der Waals surface area contributed by atoms with E-state index in [9.17, 15) is 23.4 Å². The number of nitrogens with zero attached hydrogens (tertiary/aromatic N) is 3. The Morgan fingerprint density at radius 2 is 2.19 bits per heavy atom. The number of ether oxygens (including phenoxy) is 1. The second kappa shape index (κ2) is 4.97. The molecule has 118 valence electrons. The Labute approximate surface area is 118 Å². The third kappa shape index (κ3) is 2.29. The number of aliphatic hydroxyl groups is 3. The lowest BCUT2D eigenvalue weighted by Crippen LogP contribution is -2.56. The molecule has 2 rings (SSSR count). The minimum atomic E-state index is -4.74. The zero-order chi connectivity index (χ0) is 16.0. The van der Waals surface area contributed by atoms with Crippen molar-refractivity contribution in [2.45, 2.75) is 23.4 Å². The summed E-state index contributed by atoms with van der Waals surface area (Å²) in [4.78, 5) is 11.4. The number of aliphatic hydroxyl groups excluding tert-OH is 2. The number of hydrogen-bond donors (Lipinski definition) is 5. The van der Waals surface area contributed by atoms with Crippen molar-refractivity contribution < 1.29 is 33.3 Å². The molecule has 0 radical (unpaired) electrons. The summed E-state index contributed by atoms with van der Waals surface area (Å²) in [5.74, 6) is -1.46. The van der Waals surface area contributed by atoms with Gasteiger partial charge in [0.1, 0.15) is 18.5 Å². The first-order valence-corrected chi connectivity index (χ1v) is 7.07. The van der Waals surface area contributed by atoms with E-state index in [2.05, 4.69) is 10.1 Å². The number of aromatic nitrogens is 3. The van der Waals surface area contributed by atoms with Gasteiger partial charge in [0.05, 0.1) is 6.61 Å². The fraction of sp³-hybridized carbons (Fsp3) is 0.625. The molecule has 0 bridgehead atoms. The number of nitrogens with two attached hydrogens (primary N) is 2. The number of amides is 1. The van der Waals surface area contributed by atoms with Crippen LogP contribution in [0.15, 0.2) is 6.33 Å². The van der Waals surface area contributed by atoms with Crippen LogP contribution < -0.4 is 10.9 Å². The molecule has 0 aromatic carbocycles. The molecule has 0 spiro atoms. The topological polar surface area (TPSA) is 204 Å². The van der Waals surface area contributed by atoms with Gasteiger partial charge in [0.15, 0.2) is 6.23 Å². The van der Waals surface area contributed by atoms with E-state index in [1.54, 1.807) is 0 Å². The Hall–Kier alpha value is -1.64. The van der Waals surface area contributed by atoms with Gasteiger partial charge in [-0.05, 0) is 0 Å². The molecule has 0 saturated carbocycles. The second-order valence-electron chi connectivity index (χ2n) is 4.36. The van der Waals surface area contributed by atoms with E-state index in [4.69, 9.17) is 20.7 Å². The Bertz CT molecular complexity index is 660. The molecule has 1 aromatic heterocycles. The molecule has 1 aliphatic heterocycles. The smallest absolute Gasteiger partial charge is 0.288 e. The van der Waals surface area contributed by atoms with Crippen LogP contribution in [0, 0.1) is 0 Å². The van der Waals surface area contributed by atoms with Gasteiger partial charge in [0, 0.05) is 0 Å². The minimum absolute atomic E-state index is 0.461. The van der Waals surface area contributed by atoms with Crippen molar-refractivity contribution >= 4 is 15.9 Å². The monoisotopic (exact) mass is 323 g/mol. The zero-order valence-electron chi connectivity index (χ0n) is 10.4. The van der Waals surface area contributed by atoms with Crippen molar-refractivity contribution in [3.63, 3.8) is 0 Å². The van der Waals surface area contributed by atoms with Gasteiger partial charge in [-0.3, -0.25) is 4.79 Å². The molecular formula is C8H13N5O7S. The van der Waals surface area contributed by atoms with Crippen LogP contribution >= 0.6 is 0 Å². The highest BCUT2D eigenvalue weighted by atomic mass is 32.2. The molecule has 1 fully saturated rings. The third-order valence-electron chi connectivity index (χ3n) is 3.04. The number of hydrogen-bond acceptors (Lipinski definition) is 9. The lowest BCUT2D eigenvalue weighted by Gasteiger charge is -2.27. The summed E-state index contributed by atoms with van der Waals surface area (Å²) < 4.78 is 28.9. The minimum Gasteiger partial charge on any atom is -0.394 e. The maximum atomic E-state index is 11.6. The van der Waals surface area contributed by atoms with Crippen LogP contribution in [0.2, 0.25) is 0 Å². The molecule has 4 atom stereocenters. The highest BCUT2D eigenvalue weighted by Gasteiger charge is 2.64. The van der Waals surface area contributed by atoms with Crippen LogP contribution in [0.4, 0.5) is 0 Å². The van der Waals surface area contributed by atoms with E-state index in [1.807, 2.05) is 0 Å². The van der Waals surface area contributed by atoms with Crippen LogP contribution in [-0.4, -0.2) is 68.2 Å². The maximum Gasteiger partial charge on any atom is 0.288 e. The summed E-state index contributed by atoms with van der Waals surface area (Å²) in [6.07, 6.45) is -4.42. The van der Waals surface area contributed by atoms with Gasteiger partial charge < -0.3 is 25.8 Å². The summed E-state index contributed by atoms with van der Waals surface area (Å²) in [6, 6.07) is 0. The number of sulfonamides is 1. The highest BCUT2D eigenvalue weighted by Crippen LogP contribution is 2.40. The highest BCUT2D eigenvalue weighted by molar-refractivity contribution is 7.90. The lowest BCUT2D eigenvalue weighted by molar-refractivity contribution is -0.0702. The number of primary sulfonamides is 1. The molecule has 1 amide bonds. The summed E-state index contributed by atoms with van der Waals surface area (Å²) in [6.45, 7) is -0.785.